The summed E-state index contributed by atoms with van der Waals surface area (Å²) in [6.07, 6.45) is 1.58. The fourth-order valence-electron chi connectivity index (χ4n) is 4.55. The van der Waals surface area contributed by atoms with Crippen molar-refractivity contribution in [3.05, 3.63) is 53.1 Å². The third-order valence-corrected chi connectivity index (χ3v) is 6.73. The van der Waals surface area contributed by atoms with Crippen LogP contribution in [-0.2, 0) is 15.0 Å². The molecule has 0 bridgehead atoms. The molecular weight excluding hydrogens is 435 g/mol. The van der Waals surface area contributed by atoms with Crippen LogP contribution in [0.25, 0.3) is 10.9 Å². The first-order valence-corrected chi connectivity index (χ1v) is 11.5. The Labute approximate surface area is 197 Å². The molecule has 34 heavy (non-hydrogen) atoms. The van der Waals surface area contributed by atoms with Crippen molar-refractivity contribution in [3.8, 4) is 5.75 Å². The van der Waals surface area contributed by atoms with Crippen LogP contribution in [0.15, 0.2) is 30.3 Å². The monoisotopic (exact) mass is 462 g/mol. The Morgan fingerprint density at radius 2 is 2.00 bits per heavy atom. The number of nitrogens with one attached hydrogen (secondary N) is 1. The van der Waals surface area contributed by atoms with Crippen LogP contribution in [0, 0.1) is 18.7 Å². The van der Waals surface area contributed by atoms with Crippen molar-refractivity contribution in [2.24, 2.45) is 5.92 Å². The molecule has 0 saturated heterocycles. The standard InChI is InChI=1S/C26H27FN4O3/c1-13(16-7-6-8-21(22(16)27)34-24(32)15-9-10-15)28-23-17-11-20-18(12-19(17)29-14(2)30-23)26(3,4)25(33)31(20)5/h6-8,11-13,15H,9-10H2,1-5H3,(H,28,29,30). The maximum absolute atomic E-state index is 15.2. The Hall–Kier alpha value is -3.55. The third-order valence-electron chi connectivity index (χ3n) is 6.73. The first kappa shape index (κ1) is 22.3. The molecule has 7 nitrogen and oxygen atoms in total. The number of carbonyl (C=O) groups excluding carboxylic acids is 2. The first-order valence-electron chi connectivity index (χ1n) is 11.5. The Morgan fingerprint density at radius 1 is 1.26 bits per heavy atom. The van der Waals surface area contributed by atoms with E-state index in [1.165, 1.54) is 6.07 Å². The predicted molar refractivity (Wildman–Crippen MR) is 128 cm³/mol. The molecule has 1 amide bonds. The minimum absolute atomic E-state index is 0.0185. The van der Waals surface area contributed by atoms with Gasteiger partial charge in [0.25, 0.3) is 0 Å². The number of halogens is 1. The van der Waals surface area contributed by atoms with Crippen molar-refractivity contribution in [3.63, 3.8) is 0 Å². The third kappa shape index (κ3) is 3.57. The number of nitrogens with zero attached hydrogens (tertiary/aromatic N) is 3. The smallest absolute Gasteiger partial charge is 0.314 e. The Morgan fingerprint density at radius 3 is 2.71 bits per heavy atom. The topological polar surface area (TPSA) is 84.4 Å². The van der Waals surface area contributed by atoms with E-state index in [4.69, 9.17) is 4.74 Å². The number of ether oxygens (including phenoxy) is 1. The quantitative estimate of drug-likeness (QED) is 0.432. The molecular formula is C26H27FN4O3. The summed E-state index contributed by atoms with van der Waals surface area (Å²) >= 11 is 0. The molecule has 176 valence electrons. The highest BCUT2D eigenvalue weighted by Crippen LogP contribution is 2.43. The first-order chi connectivity index (χ1) is 16.1. The minimum Gasteiger partial charge on any atom is -0.423 e. The SMILES string of the molecule is Cc1nc(NC(C)c2cccc(OC(=O)C3CC3)c2F)c2cc3c(cc2n1)C(C)(C)C(=O)N3C. The summed E-state index contributed by atoms with van der Waals surface area (Å²) < 4.78 is 20.5. The van der Waals surface area contributed by atoms with Crippen molar-refractivity contribution in [1.29, 1.82) is 0 Å². The van der Waals surface area contributed by atoms with E-state index in [0.29, 0.717) is 22.7 Å². The molecule has 0 radical (unpaired) electrons. The van der Waals surface area contributed by atoms with Gasteiger partial charge in [0.1, 0.15) is 11.6 Å². The molecule has 1 saturated carbocycles. The number of likely N-dealkylation sites (N-methyl/N-ethyl adjacent to an activating group) is 1. The summed E-state index contributed by atoms with van der Waals surface area (Å²) in [5.41, 5.74) is 2.16. The van der Waals surface area contributed by atoms with Gasteiger partial charge < -0.3 is 15.0 Å². The number of aromatic nitrogens is 2. The molecule has 1 fully saturated rings. The van der Waals surface area contributed by atoms with E-state index >= 15 is 4.39 Å². The Balaban J connectivity index is 1.51. The van der Waals surface area contributed by atoms with E-state index in [2.05, 4.69) is 15.3 Å². The lowest BCUT2D eigenvalue weighted by Gasteiger charge is -2.19. The van der Waals surface area contributed by atoms with Crippen LogP contribution in [0.3, 0.4) is 0 Å². The lowest BCUT2D eigenvalue weighted by Crippen LogP contribution is -2.33. The number of hydrogen-bond acceptors (Lipinski definition) is 6. The van der Waals surface area contributed by atoms with Gasteiger partial charge in [-0.25, -0.2) is 14.4 Å². The molecule has 3 aromatic rings. The summed E-state index contributed by atoms with van der Waals surface area (Å²) in [7, 11) is 1.76. The average Bonchev–Trinajstić information content (AvgIpc) is 3.61. The van der Waals surface area contributed by atoms with Crippen molar-refractivity contribution < 1.29 is 18.7 Å². The second-order valence-electron chi connectivity index (χ2n) is 9.72. The van der Waals surface area contributed by atoms with Gasteiger partial charge in [0.05, 0.1) is 22.9 Å². The van der Waals surface area contributed by atoms with E-state index in [-0.39, 0.29) is 23.5 Å². The van der Waals surface area contributed by atoms with Crippen LogP contribution in [0.2, 0.25) is 0 Å². The number of hydrogen-bond donors (Lipinski definition) is 1. The lowest BCUT2D eigenvalue weighted by atomic mass is 9.85. The normalized spacial score (nSPS) is 17.6. The van der Waals surface area contributed by atoms with Crippen LogP contribution in [0.1, 0.15) is 56.6 Å². The average molecular weight is 463 g/mol. The molecule has 1 atom stereocenters. The molecule has 1 aliphatic heterocycles. The number of anilines is 2. The maximum atomic E-state index is 15.2. The molecule has 2 heterocycles. The van der Waals surface area contributed by atoms with Gasteiger partial charge in [-0.2, -0.15) is 0 Å². The Bertz CT molecular complexity index is 1350. The van der Waals surface area contributed by atoms with E-state index in [9.17, 15) is 9.59 Å². The summed E-state index contributed by atoms with van der Waals surface area (Å²) in [6.45, 7) is 7.43. The van der Waals surface area contributed by atoms with E-state index in [1.54, 1.807) is 31.0 Å². The molecule has 2 aromatic carbocycles. The maximum Gasteiger partial charge on any atom is 0.314 e. The summed E-state index contributed by atoms with van der Waals surface area (Å²) in [5, 5.41) is 4.04. The molecule has 1 unspecified atom stereocenters. The lowest BCUT2D eigenvalue weighted by molar-refractivity contribution is -0.136. The van der Waals surface area contributed by atoms with Gasteiger partial charge in [0.2, 0.25) is 5.91 Å². The number of benzene rings is 2. The van der Waals surface area contributed by atoms with Crippen LogP contribution >= 0.6 is 0 Å². The molecule has 8 heteroatoms. The molecule has 1 aromatic heterocycles. The largest absolute Gasteiger partial charge is 0.423 e. The van der Waals surface area contributed by atoms with Crippen molar-refractivity contribution >= 4 is 34.3 Å². The number of carbonyl (C=O) groups is 2. The highest BCUT2D eigenvalue weighted by atomic mass is 19.1. The second kappa shape index (κ2) is 7.75. The molecule has 2 aliphatic rings. The number of rotatable bonds is 5. The zero-order chi connectivity index (χ0) is 24.4. The zero-order valence-corrected chi connectivity index (χ0v) is 19.9. The van der Waals surface area contributed by atoms with Gasteiger partial charge in [-0.3, -0.25) is 9.59 Å². The molecule has 0 spiro atoms. The minimum atomic E-state index is -0.639. The molecule has 5 rings (SSSR count). The van der Waals surface area contributed by atoms with Crippen molar-refractivity contribution in [1.82, 2.24) is 9.97 Å². The fraction of sp³-hybridized carbons (Fsp3) is 0.385. The van der Waals surface area contributed by atoms with Gasteiger partial charge in [-0.15, -0.1) is 0 Å². The van der Waals surface area contributed by atoms with Gasteiger partial charge in [-0.1, -0.05) is 12.1 Å². The fourth-order valence-corrected chi connectivity index (χ4v) is 4.55. The number of amides is 1. The van der Waals surface area contributed by atoms with Crippen LogP contribution in [-0.4, -0.2) is 28.9 Å². The van der Waals surface area contributed by atoms with Crippen LogP contribution < -0.4 is 15.0 Å². The van der Waals surface area contributed by atoms with Gasteiger partial charge in [0.15, 0.2) is 11.6 Å². The molecule has 1 N–H and O–H groups in total. The van der Waals surface area contributed by atoms with E-state index < -0.39 is 17.3 Å². The highest BCUT2D eigenvalue weighted by molar-refractivity contribution is 6.10. The van der Waals surface area contributed by atoms with E-state index in [0.717, 1.165) is 29.5 Å². The van der Waals surface area contributed by atoms with Gasteiger partial charge in [0, 0.05) is 23.7 Å². The number of esters is 1. The summed E-state index contributed by atoms with van der Waals surface area (Å²) in [6, 6.07) is 8.18. The van der Waals surface area contributed by atoms with Gasteiger partial charge >= 0.3 is 5.97 Å². The molecule has 1 aliphatic carbocycles. The number of fused-ring (bicyclic) bond motifs is 2. The summed E-state index contributed by atoms with van der Waals surface area (Å²) in [4.78, 5) is 35.6. The van der Waals surface area contributed by atoms with E-state index in [1.807, 2.05) is 32.9 Å². The second-order valence-corrected chi connectivity index (χ2v) is 9.72. The summed E-state index contributed by atoms with van der Waals surface area (Å²) in [5.74, 6) is -0.0138. The zero-order valence-electron chi connectivity index (χ0n) is 19.9. The van der Waals surface area contributed by atoms with Crippen molar-refractivity contribution in [2.75, 3.05) is 17.3 Å². The predicted octanol–water partition coefficient (Wildman–Crippen LogP) is 4.82. The Kier molecular flexibility index (Phi) is 5.07. The van der Waals surface area contributed by atoms with Crippen LogP contribution in [0.4, 0.5) is 15.9 Å². The van der Waals surface area contributed by atoms with Crippen LogP contribution in [0.5, 0.6) is 5.75 Å². The highest BCUT2D eigenvalue weighted by Gasteiger charge is 2.42. The van der Waals surface area contributed by atoms with Crippen molar-refractivity contribution in [2.45, 2.75) is 52.0 Å². The van der Waals surface area contributed by atoms with Gasteiger partial charge in [-0.05, 0) is 64.3 Å². The number of aryl methyl sites for hydroxylation is 1.